The summed E-state index contributed by atoms with van der Waals surface area (Å²) in [4.78, 5) is 10.4. The van der Waals surface area contributed by atoms with Gasteiger partial charge in [-0.2, -0.15) is 0 Å². The molecule has 0 amide bonds. The van der Waals surface area contributed by atoms with Crippen LogP contribution in [-0.2, 0) is 4.79 Å². The number of nitrogens with two attached hydrogens (primary N) is 1. The summed E-state index contributed by atoms with van der Waals surface area (Å²) in [7, 11) is 0. The van der Waals surface area contributed by atoms with Crippen LogP contribution in [0.15, 0.2) is 0 Å². The summed E-state index contributed by atoms with van der Waals surface area (Å²) in [6, 6.07) is -0.169. The van der Waals surface area contributed by atoms with E-state index in [1.807, 2.05) is 0 Å². The van der Waals surface area contributed by atoms with Crippen molar-refractivity contribution in [2.24, 2.45) is 11.1 Å². The van der Waals surface area contributed by atoms with Crippen LogP contribution in [0.25, 0.3) is 0 Å². The van der Waals surface area contributed by atoms with Crippen LogP contribution in [0.4, 0.5) is 0 Å². The lowest BCUT2D eigenvalue weighted by Gasteiger charge is -2.29. The Labute approximate surface area is 72.9 Å². The second kappa shape index (κ2) is 3.44. The van der Waals surface area contributed by atoms with E-state index in [9.17, 15) is 4.79 Å². The van der Waals surface area contributed by atoms with Crippen LogP contribution >= 0.6 is 0 Å². The van der Waals surface area contributed by atoms with Crippen LogP contribution in [-0.4, -0.2) is 17.1 Å². The number of aliphatic carboxylic acids is 1. The number of carboxylic acids is 1. The van der Waals surface area contributed by atoms with Crippen molar-refractivity contribution in [1.29, 1.82) is 0 Å². The molecule has 3 heteroatoms. The van der Waals surface area contributed by atoms with Crippen molar-refractivity contribution in [2.75, 3.05) is 0 Å². The molecule has 0 aromatic rings. The third kappa shape index (κ3) is 1.97. The summed E-state index contributed by atoms with van der Waals surface area (Å²) in [6.45, 7) is 2.10. The molecule has 12 heavy (non-hydrogen) atoms. The maximum absolute atomic E-state index is 10.4. The molecule has 0 aliphatic heterocycles. The van der Waals surface area contributed by atoms with Gasteiger partial charge in [0, 0.05) is 6.04 Å². The Kier molecular flexibility index (Phi) is 2.73. The van der Waals surface area contributed by atoms with E-state index in [-0.39, 0.29) is 17.9 Å². The first-order chi connectivity index (χ1) is 5.54. The second-order valence-corrected chi connectivity index (χ2v) is 4.07. The van der Waals surface area contributed by atoms with Gasteiger partial charge in [0.25, 0.3) is 0 Å². The Morgan fingerprint density at radius 3 is 2.50 bits per heavy atom. The molecule has 1 atom stereocenters. The van der Waals surface area contributed by atoms with Gasteiger partial charge in [0.2, 0.25) is 0 Å². The lowest BCUT2D eigenvalue weighted by Crippen LogP contribution is -2.39. The molecule has 0 heterocycles. The molecule has 70 valence electrons. The SMILES string of the molecule is CC1(C(N)CC(=O)O)CCCC1. The van der Waals surface area contributed by atoms with E-state index in [1.165, 1.54) is 12.8 Å². The molecule has 3 N–H and O–H groups in total. The predicted octanol–water partition coefficient (Wildman–Crippen LogP) is 1.37. The van der Waals surface area contributed by atoms with Gasteiger partial charge in [-0.15, -0.1) is 0 Å². The molecule has 3 nitrogen and oxygen atoms in total. The molecule has 0 spiro atoms. The van der Waals surface area contributed by atoms with E-state index < -0.39 is 5.97 Å². The second-order valence-electron chi connectivity index (χ2n) is 4.07. The van der Waals surface area contributed by atoms with Crippen molar-refractivity contribution in [1.82, 2.24) is 0 Å². The van der Waals surface area contributed by atoms with Crippen LogP contribution in [0.1, 0.15) is 39.0 Å². The van der Waals surface area contributed by atoms with Crippen molar-refractivity contribution in [3.63, 3.8) is 0 Å². The first-order valence-corrected chi connectivity index (χ1v) is 4.52. The lowest BCUT2D eigenvalue weighted by atomic mass is 9.80. The van der Waals surface area contributed by atoms with Crippen molar-refractivity contribution in [3.8, 4) is 0 Å². The largest absolute Gasteiger partial charge is 0.481 e. The predicted molar refractivity (Wildman–Crippen MR) is 46.8 cm³/mol. The summed E-state index contributed by atoms with van der Waals surface area (Å²) in [5.41, 5.74) is 5.92. The summed E-state index contributed by atoms with van der Waals surface area (Å²) in [5, 5.41) is 8.58. The highest BCUT2D eigenvalue weighted by Gasteiger charge is 2.35. The number of carbonyl (C=O) groups is 1. The number of hydrogen-bond acceptors (Lipinski definition) is 2. The van der Waals surface area contributed by atoms with Gasteiger partial charge < -0.3 is 10.8 Å². The van der Waals surface area contributed by atoms with Crippen LogP contribution in [0, 0.1) is 5.41 Å². The van der Waals surface area contributed by atoms with Crippen molar-refractivity contribution >= 4 is 5.97 Å². The van der Waals surface area contributed by atoms with Gasteiger partial charge >= 0.3 is 5.97 Å². The number of hydrogen-bond donors (Lipinski definition) is 2. The van der Waals surface area contributed by atoms with Crippen molar-refractivity contribution in [3.05, 3.63) is 0 Å². The molecule has 0 bridgehead atoms. The van der Waals surface area contributed by atoms with Crippen LogP contribution in [0.5, 0.6) is 0 Å². The van der Waals surface area contributed by atoms with Gasteiger partial charge in [0.15, 0.2) is 0 Å². The number of carboxylic acid groups (broad SMARTS) is 1. The topological polar surface area (TPSA) is 63.3 Å². The average molecular weight is 171 g/mol. The molecule has 1 saturated carbocycles. The van der Waals surface area contributed by atoms with E-state index in [4.69, 9.17) is 10.8 Å². The highest BCUT2D eigenvalue weighted by Crippen LogP contribution is 2.40. The summed E-state index contributed by atoms with van der Waals surface area (Å²) >= 11 is 0. The Bertz CT molecular complexity index is 173. The molecule has 0 radical (unpaired) electrons. The van der Waals surface area contributed by atoms with E-state index in [2.05, 4.69) is 6.92 Å². The first-order valence-electron chi connectivity index (χ1n) is 4.52. The maximum Gasteiger partial charge on any atom is 0.304 e. The van der Waals surface area contributed by atoms with Crippen LogP contribution < -0.4 is 5.73 Å². The highest BCUT2D eigenvalue weighted by atomic mass is 16.4. The fourth-order valence-electron chi connectivity index (χ4n) is 1.99. The average Bonchev–Trinajstić information content (AvgIpc) is 2.36. The zero-order valence-corrected chi connectivity index (χ0v) is 7.55. The maximum atomic E-state index is 10.4. The molecule has 1 fully saturated rings. The third-order valence-corrected chi connectivity index (χ3v) is 3.04. The Balaban J connectivity index is 2.49. The van der Waals surface area contributed by atoms with Gasteiger partial charge in [0.05, 0.1) is 6.42 Å². The van der Waals surface area contributed by atoms with Gasteiger partial charge in [-0.3, -0.25) is 4.79 Å². The van der Waals surface area contributed by atoms with Crippen molar-refractivity contribution < 1.29 is 9.90 Å². The van der Waals surface area contributed by atoms with Gasteiger partial charge in [-0.05, 0) is 18.3 Å². The fourth-order valence-corrected chi connectivity index (χ4v) is 1.99. The van der Waals surface area contributed by atoms with E-state index in [0.717, 1.165) is 12.8 Å². The molecule has 1 unspecified atom stereocenters. The smallest absolute Gasteiger partial charge is 0.304 e. The third-order valence-electron chi connectivity index (χ3n) is 3.04. The minimum atomic E-state index is -0.782. The fraction of sp³-hybridized carbons (Fsp3) is 0.889. The number of rotatable bonds is 3. The Hall–Kier alpha value is -0.570. The Morgan fingerprint density at radius 1 is 1.58 bits per heavy atom. The van der Waals surface area contributed by atoms with Crippen LogP contribution in [0.3, 0.4) is 0 Å². The van der Waals surface area contributed by atoms with Gasteiger partial charge in [-0.25, -0.2) is 0 Å². The zero-order chi connectivity index (χ0) is 9.19. The molecule has 1 rings (SSSR count). The molecule has 0 aromatic heterocycles. The molecule has 0 aromatic carbocycles. The quantitative estimate of drug-likeness (QED) is 0.674. The molecule has 1 aliphatic rings. The van der Waals surface area contributed by atoms with E-state index in [1.54, 1.807) is 0 Å². The summed E-state index contributed by atoms with van der Waals surface area (Å²) in [6.07, 6.45) is 4.67. The van der Waals surface area contributed by atoms with Crippen LogP contribution in [0.2, 0.25) is 0 Å². The normalized spacial score (nSPS) is 23.8. The molecular formula is C9H17NO2. The summed E-state index contributed by atoms with van der Waals surface area (Å²) in [5.74, 6) is -0.782. The lowest BCUT2D eigenvalue weighted by molar-refractivity contribution is -0.138. The minimum absolute atomic E-state index is 0.0817. The van der Waals surface area contributed by atoms with E-state index in [0.29, 0.717) is 0 Å². The summed E-state index contributed by atoms with van der Waals surface area (Å²) < 4.78 is 0. The Morgan fingerprint density at radius 2 is 2.08 bits per heavy atom. The van der Waals surface area contributed by atoms with Crippen molar-refractivity contribution in [2.45, 2.75) is 45.1 Å². The minimum Gasteiger partial charge on any atom is -0.481 e. The highest BCUT2D eigenvalue weighted by molar-refractivity contribution is 5.67. The first kappa shape index (κ1) is 9.52. The zero-order valence-electron chi connectivity index (χ0n) is 7.55. The molecular weight excluding hydrogens is 154 g/mol. The van der Waals surface area contributed by atoms with Gasteiger partial charge in [-0.1, -0.05) is 19.8 Å². The molecule has 0 saturated heterocycles. The monoisotopic (exact) mass is 171 g/mol. The molecule has 1 aliphatic carbocycles. The van der Waals surface area contributed by atoms with Gasteiger partial charge in [0.1, 0.15) is 0 Å². The van der Waals surface area contributed by atoms with E-state index >= 15 is 0 Å². The standard InChI is InChI=1S/C9H17NO2/c1-9(4-2-3-5-9)7(10)6-8(11)12/h7H,2-6,10H2,1H3,(H,11,12).